The summed E-state index contributed by atoms with van der Waals surface area (Å²) in [6, 6.07) is 8.18. The van der Waals surface area contributed by atoms with Crippen molar-refractivity contribution in [2.75, 3.05) is 52.4 Å². The van der Waals surface area contributed by atoms with E-state index in [-0.39, 0.29) is 0 Å². The molecule has 19 heavy (non-hydrogen) atoms. The van der Waals surface area contributed by atoms with E-state index < -0.39 is 0 Å². The monoisotopic (exact) mass is 263 g/mol. The van der Waals surface area contributed by atoms with E-state index >= 15 is 0 Å². The molecular weight excluding hydrogens is 238 g/mol. The molecule has 1 aromatic carbocycles. The van der Waals surface area contributed by atoms with Crippen LogP contribution in [0.1, 0.15) is 5.56 Å². The molecule has 4 heteroatoms. The van der Waals surface area contributed by atoms with Crippen LogP contribution in [-0.4, -0.2) is 62.2 Å². The van der Waals surface area contributed by atoms with Gasteiger partial charge in [-0.15, -0.1) is 0 Å². The maximum absolute atomic E-state index is 5.84. The van der Waals surface area contributed by atoms with Crippen molar-refractivity contribution in [3.05, 3.63) is 29.8 Å². The molecule has 1 aliphatic rings. The molecule has 1 saturated heterocycles. The summed E-state index contributed by atoms with van der Waals surface area (Å²) >= 11 is 0. The van der Waals surface area contributed by atoms with Crippen LogP contribution in [0.3, 0.4) is 0 Å². The number of nitrogens with two attached hydrogens (primary N) is 1. The SMILES string of the molecule is Cc1ccccc1OCCN1CCN(CCN)CC1. The van der Waals surface area contributed by atoms with Crippen LogP contribution >= 0.6 is 0 Å². The predicted molar refractivity (Wildman–Crippen MR) is 78.6 cm³/mol. The Bertz CT molecular complexity index is 375. The number of nitrogens with zero attached hydrogens (tertiary/aromatic N) is 2. The Balaban J connectivity index is 1.66. The molecule has 0 unspecified atom stereocenters. The minimum atomic E-state index is 0.760. The minimum Gasteiger partial charge on any atom is -0.492 e. The van der Waals surface area contributed by atoms with E-state index in [1.165, 1.54) is 5.56 Å². The summed E-state index contributed by atoms with van der Waals surface area (Å²) in [5.41, 5.74) is 6.78. The predicted octanol–water partition coefficient (Wildman–Crippen LogP) is 0.950. The van der Waals surface area contributed by atoms with Gasteiger partial charge >= 0.3 is 0 Å². The van der Waals surface area contributed by atoms with Crippen molar-refractivity contribution in [1.29, 1.82) is 0 Å². The number of para-hydroxylation sites is 1. The Labute approximate surface area is 116 Å². The van der Waals surface area contributed by atoms with Gasteiger partial charge in [-0.3, -0.25) is 9.80 Å². The molecule has 0 radical (unpaired) electrons. The molecule has 0 saturated carbocycles. The third kappa shape index (κ3) is 4.49. The highest BCUT2D eigenvalue weighted by Crippen LogP contribution is 2.15. The second kappa shape index (κ2) is 7.48. The third-order valence-electron chi connectivity index (χ3n) is 3.67. The molecule has 0 atom stereocenters. The average Bonchev–Trinajstić information content (AvgIpc) is 2.43. The van der Waals surface area contributed by atoms with Gasteiger partial charge in [0, 0.05) is 45.8 Å². The first-order valence-corrected chi connectivity index (χ1v) is 7.13. The minimum absolute atomic E-state index is 0.760. The summed E-state index contributed by atoms with van der Waals surface area (Å²) in [5, 5.41) is 0. The molecule has 0 aliphatic carbocycles. The van der Waals surface area contributed by atoms with E-state index in [0.29, 0.717) is 0 Å². The molecule has 1 heterocycles. The van der Waals surface area contributed by atoms with Crippen molar-refractivity contribution in [2.24, 2.45) is 5.73 Å². The maximum atomic E-state index is 5.84. The molecule has 1 aromatic rings. The Kier molecular flexibility index (Phi) is 5.63. The number of aryl methyl sites for hydroxylation is 1. The van der Waals surface area contributed by atoms with Crippen LogP contribution in [0.4, 0.5) is 0 Å². The number of hydrogen-bond acceptors (Lipinski definition) is 4. The van der Waals surface area contributed by atoms with Gasteiger partial charge in [0.15, 0.2) is 0 Å². The standard InChI is InChI=1S/C15H25N3O/c1-14-4-2-3-5-15(14)19-13-12-18-10-8-17(7-6-16)9-11-18/h2-5H,6-13,16H2,1H3. The lowest BCUT2D eigenvalue weighted by molar-refractivity contribution is 0.119. The molecule has 0 aromatic heterocycles. The Morgan fingerprint density at radius 3 is 2.32 bits per heavy atom. The van der Waals surface area contributed by atoms with E-state index in [9.17, 15) is 0 Å². The first-order valence-electron chi connectivity index (χ1n) is 7.13. The highest BCUT2D eigenvalue weighted by molar-refractivity contribution is 5.31. The molecule has 1 fully saturated rings. The molecule has 0 spiro atoms. The third-order valence-corrected chi connectivity index (χ3v) is 3.67. The van der Waals surface area contributed by atoms with Gasteiger partial charge < -0.3 is 10.5 Å². The number of ether oxygens (including phenoxy) is 1. The van der Waals surface area contributed by atoms with Crippen LogP contribution < -0.4 is 10.5 Å². The van der Waals surface area contributed by atoms with Crippen molar-refractivity contribution >= 4 is 0 Å². The lowest BCUT2D eigenvalue weighted by Gasteiger charge is -2.34. The fourth-order valence-corrected chi connectivity index (χ4v) is 2.42. The normalized spacial score (nSPS) is 17.6. The summed E-state index contributed by atoms with van der Waals surface area (Å²) in [5.74, 6) is 1.00. The van der Waals surface area contributed by atoms with Gasteiger partial charge in [-0.25, -0.2) is 0 Å². The Morgan fingerprint density at radius 1 is 1.05 bits per heavy atom. The van der Waals surface area contributed by atoms with Gasteiger partial charge in [-0.1, -0.05) is 18.2 Å². The largest absolute Gasteiger partial charge is 0.492 e. The number of hydrogen-bond donors (Lipinski definition) is 1. The molecule has 2 N–H and O–H groups in total. The summed E-state index contributed by atoms with van der Waals surface area (Å²) < 4.78 is 5.84. The second-order valence-electron chi connectivity index (χ2n) is 5.09. The molecule has 1 aliphatic heterocycles. The van der Waals surface area contributed by atoms with E-state index in [4.69, 9.17) is 10.5 Å². The number of rotatable bonds is 6. The Hall–Kier alpha value is -1.10. The number of benzene rings is 1. The van der Waals surface area contributed by atoms with Gasteiger partial charge in [0.2, 0.25) is 0 Å². The van der Waals surface area contributed by atoms with Crippen molar-refractivity contribution in [1.82, 2.24) is 9.80 Å². The zero-order chi connectivity index (χ0) is 13.5. The van der Waals surface area contributed by atoms with Crippen molar-refractivity contribution in [2.45, 2.75) is 6.92 Å². The molecule has 4 nitrogen and oxygen atoms in total. The highest BCUT2D eigenvalue weighted by Gasteiger charge is 2.15. The van der Waals surface area contributed by atoms with Gasteiger partial charge in [-0.05, 0) is 18.6 Å². The van der Waals surface area contributed by atoms with Crippen LogP contribution in [-0.2, 0) is 0 Å². The van der Waals surface area contributed by atoms with Crippen LogP contribution in [0.25, 0.3) is 0 Å². The van der Waals surface area contributed by atoms with Crippen LogP contribution in [0.5, 0.6) is 5.75 Å². The van der Waals surface area contributed by atoms with E-state index in [2.05, 4.69) is 22.8 Å². The molecule has 2 rings (SSSR count). The lowest BCUT2D eigenvalue weighted by atomic mass is 10.2. The van der Waals surface area contributed by atoms with Crippen molar-refractivity contribution in [3.8, 4) is 5.75 Å². The fourth-order valence-electron chi connectivity index (χ4n) is 2.42. The smallest absolute Gasteiger partial charge is 0.122 e. The quantitative estimate of drug-likeness (QED) is 0.830. The fraction of sp³-hybridized carbons (Fsp3) is 0.600. The second-order valence-corrected chi connectivity index (χ2v) is 5.09. The van der Waals surface area contributed by atoms with Gasteiger partial charge in [0.1, 0.15) is 12.4 Å². The Morgan fingerprint density at radius 2 is 1.68 bits per heavy atom. The zero-order valence-corrected chi connectivity index (χ0v) is 11.8. The maximum Gasteiger partial charge on any atom is 0.122 e. The van der Waals surface area contributed by atoms with Crippen molar-refractivity contribution in [3.63, 3.8) is 0 Å². The number of piperazine rings is 1. The molecular formula is C15H25N3O. The summed E-state index contributed by atoms with van der Waals surface area (Å²) in [6.07, 6.45) is 0. The first-order chi connectivity index (χ1) is 9.29. The van der Waals surface area contributed by atoms with Gasteiger partial charge in [0.25, 0.3) is 0 Å². The molecule has 106 valence electrons. The average molecular weight is 263 g/mol. The summed E-state index contributed by atoms with van der Waals surface area (Å²) in [7, 11) is 0. The molecule has 0 amide bonds. The van der Waals surface area contributed by atoms with Crippen LogP contribution in [0.2, 0.25) is 0 Å². The summed E-state index contributed by atoms with van der Waals surface area (Å²) in [4.78, 5) is 4.89. The van der Waals surface area contributed by atoms with Gasteiger partial charge in [0.05, 0.1) is 0 Å². The first kappa shape index (κ1) is 14.3. The lowest BCUT2D eigenvalue weighted by Crippen LogP contribution is -2.48. The van der Waals surface area contributed by atoms with Gasteiger partial charge in [-0.2, -0.15) is 0 Å². The van der Waals surface area contributed by atoms with E-state index in [0.717, 1.165) is 58.2 Å². The van der Waals surface area contributed by atoms with Crippen LogP contribution in [0, 0.1) is 6.92 Å². The van der Waals surface area contributed by atoms with E-state index in [1.807, 2.05) is 18.2 Å². The summed E-state index contributed by atoms with van der Waals surface area (Å²) in [6.45, 7) is 10.1. The highest BCUT2D eigenvalue weighted by atomic mass is 16.5. The van der Waals surface area contributed by atoms with Crippen LogP contribution in [0.15, 0.2) is 24.3 Å². The topological polar surface area (TPSA) is 41.7 Å². The molecule has 0 bridgehead atoms. The van der Waals surface area contributed by atoms with Crippen molar-refractivity contribution < 1.29 is 4.74 Å². The van der Waals surface area contributed by atoms with E-state index in [1.54, 1.807) is 0 Å². The zero-order valence-electron chi connectivity index (χ0n) is 11.8.